The molecule has 0 spiro atoms. The minimum Gasteiger partial charge on any atom is -0.341 e. The van der Waals surface area contributed by atoms with E-state index >= 15 is 0 Å². The molecule has 0 saturated carbocycles. The van der Waals surface area contributed by atoms with Crippen molar-refractivity contribution < 1.29 is 4.92 Å². The minimum absolute atomic E-state index is 0.0127. The van der Waals surface area contributed by atoms with Crippen molar-refractivity contribution in [3.05, 3.63) is 25.1 Å². The third kappa shape index (κ3) is 2.40. The second-order valence-corrected chi connectivity index (χ2v) is 6.94. The summed E-state index contributed by atoms with van der Waals surface area (Å²) in [5.74, 6) is 0.749. The van der Waals surface area contributed by atoms with Gasteiger partial charge >= 0.3 is 5.69 Å². The topological polar surface area (TPSA) is 90.2 Å². The zero-order valence-corrected chi connectivity index (χ0v) is 15.1. The van der Waals surface area contributed by atoms with Crippen LogP contribution in [-0.4, -0.2) is 33.6 Å². The van der Waals surface area contributed by atoms with E-state index < -0.39 is 4.92 Å². The molecule has 2 heterocycles. The number of aryl methyl sites for hydroxylation is 1. The third-order valence-corrected chi connectivity index (χ3v) is 5.86. The van der Waals surface area contributed by atoms with E-state index in [1.807, 2.05) is 17.6 Å². The molecule has 7 nitrogen and oxygen atoms in total. The number of fused-ring (bicyclic) bond motifs is 1. The first-order valence-electron chi connectivity index (χ1n) is 6.97. The standard InChI is InChI=1S/C13H15Br2N5O2/c1-2-19-9-5-8(14)10(15)12(20(21)22)11(9)17-13(19)18-4-3-7(16)6-18/h5,7H,2-4,6,16H2,1H3/t7-/m1/s1. The van der Waals surface area contributed by atoms with Crippen LogP contribution >= 0.6 is 31.9 Å². The normalized spacial score (nSPS) is 18.4. The smallest absolute Gasteiger partial charge is 0.312 e. The Morgan fingerprint density at radius 1 is 1.55 bits per heavy atom. The van der Waals surface area contributed by atoms with Crippen LogP contribution in [0.5, 0.6) is 0 Å². The summed E-state index contributed by atoms with van der Waals surface area (Å²) in [6.45, 7) is 4.23. The van der Waals surface area contributed by atoms with Crippen molar-refractivity contribution >= 4 is 54.5 Å². The maximum atomic E-state index is 11.4. The Morgan fingerprint density at radius 2 is 2.27 bits per heavy atom. The van der Waals surface area contributed by atoms with Gasteiger partial charge in [-0.1, -0.05) is 0 Å². The SMILES string of the molecule is CCn1c(N2CC[C@@H](N)C2)nc2c([N+](=O)[O-])c(Br)c(Br)cc21. The zero-order valence-electron chi connectivity index (χ0n) is 11.9. The lowest BCUT2D eigenvalue weighted by molar-refractivity contribution is -0.384. The molecule has 1 saturated heterocycles. The van der Waals surface area contributed by atoms with Crippen LogP contribution in [0.25, 0.3) is 11.0 Å². The lowest BCUT2D eigenvalue weighted by Gasteiger charge is -2.18. The molecule has 0 bridgehead atoms. The fraction of sp³-hybridized carbons (Fsp3) is 0.462. The van der Waals surface area contributed by atoms with Gasteiger partial charge in [-0.05, 0) is 51.3 Å². The van der Waals surface area contributed by atoms with Gasteiger partial charge < -0.3 is 15.2 Å². The number of nitrogens with two attached hydrogens (primary N) is 1. The third-order valence-electron chi connectivity index (χ3n) is 3.90. The number of nitro groups is 1. The maximum Gasteiger partial charge on any atom is 0.312 e. The van der Waals surface area contributed by atoms with E-state index in [0.29, 0.717) is 21.0 Å². The number of anilines is 1. The molecule has 2 aromatic rings. The van der Waals surface area contributed by atoms with E-state index in [0.717, 1.165) is 31.0 Å². The van der Waals surface area contributed by atoms with Gasteiger partial charge in [-0.25, -0.2) is 4.98 Å². The number of nitro benzene ring substituents is 1. The molecular weight excluding hydrogens is 418 g/mol. The molecular formula is C13H15Br2N5O2. The number of rotatable bonds is 3. The molecule has 0 aliphatic carbocycles. The van der Waals surface area contributed by atoms with Crippen LogP contribution in [0.2, 0.25) is 0 Å². The second kappa shape index (κ2) is 5.78. The fourth-order valence-corrected chi connectivity index (χ4v) is 3.71. The van der Waals surface area contributed by atoms with Gasteiger partial charge in [-0.3, -0.25) is 10.1 Å². The monoisotopic (exact) mass is 431 g/mol. The Bertz CT molecular complexity index is 761. The predicted octanol–water partition coefficient (Wildman–Crippen LogP) is 3.03. The summed E-state index contributed by atoms with van der Waals surface area (Å²) in [5, 5.41) is 11.4. The van der Waals surface area contributed by atoms with Crippen LogP contribution in [-0.2, 0) is 6.54 Å². The zero-order chi connectivity index (χ0) is 16.0. The van der Waals surface area contributed by atoms with E-state index in [2.05, 4.69) is 41.7 Å². The molecule has 1 aliphatic rings. The second-order valence-electron chi connectivity index (χ2n) is 5.30. The van der Waals surface area contributed by atoms with Gasteiger partial charge in [0.15, 0.2) is 5.52 Å². The van der Waals surface area contributed by atoms with Crippen LogP contribution in [0, 0.1) is 10.1 Å². The molecule has 0 radical (unpaired) electrons. The molecule has 3 rings (SSSR count). The molecule has 1 atom stereocenters. The van der Waals surface area contributed by atoms with Crippen molar-refractivity contribution in [1.82, 2.24) is 9.55 Å². The molecule has 1 aromatic carbocycles. The van der Waals surface area contributed by atoms with Crippen molar-refractivity contribution in [3.63, 3.8) is 0 Å². The highest BCUT2D eigenvalue weighted by molar-refractivity contribution is 9.13. The summed E-state index contributed by atoms with van der Waals surface area (Å²) in [6.07, 6.45) is 0.905. The van der Waals surface area contributed by atoms with Gasteiger partial charge in [0.2, 0.25) is 5.95 Å². The highest BCUT2D eigenvalue weighted by Crippen LogP contribution is 2.40. The lowest BCUT2D eigenvalue weighted by Crippen LogP contribution is -2.28. The van der Waals surface area contributed by atoms with Crippen molar-refractivity contribution in [3.8, 4) is 0 Å². The van der Waals surface area contributed by atoms with Gasteiger partial charge in [0.1, 0.15) is 4.47 Å². The van der Waals surface area contributed by atoms with E-state index in [1.165, 1.54) is 0 Å². The van der Waals surface area contributed by atoms with Gasteiger partial charge in [0.25, 0.3) is 0 Å². The molecule has 1 aliphatic heterocycles. The Labute approximate surface area is 143 Å². The average Bonchev–Trinajstić information content (AvgIpc) is 3.02. The summed E-state index contributed by atoms with van der Waals surface area (Å²) in [5.41, 5.74) is 7.11. The predicted molar refractivity (Wildman–Crippen MR) is 92.3 cm³/mol. The molecule has 22 heavy (non-hydrogen) atoms. The molecule has 1 fully saturated rings. The quantitative estimate of drug-likeness (QED) is 0.594. The van der Waals surface area contributed by atoms with Crippen LogP contribution in [0.15, 0.2) is 15.0 Å². The Morgan fingerprint density at radius 3 is 2.82 bits per heavy atom. The Balaban J connectivity index is 2.27. The summed E-state index contributed by atoms with van der Waals surface area (Å²) < 4.78 is 3.05. The fourth-order valence-electron chi connectivity index (χ4n) is 2.86. The Kier molecular flexibility index (Phi) is 4.13. The van der Waals surface area contributed by atoms with E-state index in [1.54, 1.807) is 0 Å². The van der Waals surface area contributed by atoms with E-state index in [-0.39, 0.29) is 11.7 Å². The number of imidazole rings is 1. The summed E-state index contributed by atoms with van der Waals surface area (Å²) in [6, 6.07) is 1.99. The van der Waals surface area contributed by atoms with Gasteiger partial charge in [0, 0.05) is 30.1 Å². The van der Waals surface area contributed by atoms with E-state index in [9.17, 15) is 10.1 Å². The van der Waals surface area contributed by atoms with Crippen molar-refractivity contribution in [2.45, 2.75) is 25.9 Å². The molecule has 118 valence electrons. The molecule has 0 amide bonds. The highest BCUT2D eigenvalue weighted by Gasteiger charge is 2.29. The summed E-state index contributed by atoms with van der Waals surface area (Å²) in [4.78, 5) is 17.7. The number of hydrogen-bond acceptors (Lipinski definition) is 5. The van der Waals surface area contributed by atoms with Crippen LogP contribution in [0.1, 0.15) is 13.3 Å². The molecule has 9 heteroatoms. The van der Waals surface area contributed by atoms with Gasteiger partial charge in [-0.15, -0.1) is 0 Å². The number of halogens is 2. The summed E-state index contributed by atoms with van der Waals surface area (Å²) >= 11 is 6.65. The van der Waals surface area contributed by atoms with Crippen molar-refractivity contribution in [2.75, 3.05) is 18.0 Å². The number of nitrogens with zero attached hydrogens (tertiary/aromatic N) is 4. The van der Waals surface area contributed by atoms with Gasteiger partial charge in [-0.2, -0.15) is 0 Å². The largest absolute Gasteiger partial charge is 0.341 e. The minimum atomic E-state index is -0.399. The number of hydrogen-bond donors (Lipinski definition) is 1. The number of benzene rings is 1. The van der Waals surface area contributed by atoms with Crippen molar-refractivity contribution in [2.24, 2.45) is 5.73 Å². The lowest BCUT2D eigenvalue weighted by atomic mass is 10.2. The number of aromatic nitrogens is 2. The molecule has 0 unspecified atom stereocenters. The first-order valence-corrected chi connectivity index (χ1v) is 8.55. The first-order chi connectivity index (χ1) is 10.4. The Hall–Kier alpha value is -1.19. The molecule has 1 aromatic heterocycles. The molecule has 2 N–H and O–H groups in total. The first kappa shape index (κ1) is 15.7. The van der Waals surface area contributed by atoms with Crippen molar-refractivity contribution in [1.29, 1.82) is 0 Å². The average molecular weight is 433 g/mol. The van der Waals surface area contributed by atoms with Crippen LogP contribution in [0.4, 0.5) is 11.6 Å². The van der Waals surface area contributed by atoms with Gasteiger partial charge in [0.05, 0.1) is 10.4 Å². The highest BCUT2D eigenvalue weighted by atomic mass is 79.9. The maximum absolute atomic E-state index is 11.4. The van der Waals surface area contributed by atoms with Crippen LogP contribution in [0.3, 0.4) is 0 Å². The summed E-state index contributed by atoms with van der Waals surface area (Å²) in [7, 11) is 0. The van der Waals surface area contributed by atoms with Crippen LogP contribution < -0.4 is 10.6 Å². The van der Waals surface area contributed by atoms with E-state index in [4.69, 9.17) is 5.73 Å².